The topological polar surface area (TPSA) is 120 Å². The van der Waals surface area contributed by atoms with E-state index in [9.17, 15) is 20.2 Å². The molecule has 0 aliphatic heterocycles. The van der Waals surface area contributed by atoms with E-state index in [2.05, 4.69) is 10.5 Å². The Bertz CT molecular complexity index is 1160. The molecule has 0 amide bonds. The van der Waals surface area contributed by atoms with Gasteiger partial charge in [0.15, 0.2) is 0 Å². The molecule has 0 fully saturated rings. The molecule has 0 aliphatic rings. The summed E-state index contributed by atoms with van der Waals surface area (Å²) in [5.74, 6) is 0.708. The first-order valence-electron chi connectivity index (χ1n) is 9.12. The Morgan fingerprint density at radius 3 is 2.42 bits per heavy atom. The van der Waals surface area contributed by atoms with Crippen molar-refractivity contribution in [3.05, 3.63) is 110 Å². The summed E-state index contributed by atoms with van der Waals surface area (Å²) in [7, 11) is 1.58. The fraction of sp³-hybridized carbons (Fsp3) is 0.0455. The lowest BCUT2D eigenvalue weighted by Crippen LogP contribution is -2.03. The van der Waals surface area contributed by atoms with Crippen molar-refractivity contribution in [2.75, 3.05) is 12.5 Å². The molecule has 0 bridgehead atoms. The second-order valence-electron chi connectivity index (χ2n) is 6.30. The second kappa shape index (κ2) is 9.79. The fourth-order valence-electron chi connectivity index (χ4n) is 2.73. The smallest absolute Gasteiger partial charge is 0.301 e. The number of ether oxygens (including phenoxy) is 1. The van der Waals surface area contributed by atoms with Crippen LogP contribution in [0.5, 0.6) is 5.75 Å². The summed E-state index contributed by atoms with van der Waals surface area (Å²) in [6.45, 7) is 0. The van der Waals surface area contributed by atoms with Gasteiger partial charge in [-0.2, -0.15) is 5.10 Å². The van der Waals surface area contributed by atoms with Gasteiger partial charge in [-0.15, -0.1) is 0 Å². The highest BCUT2D eigenvalue weighted by molar-refractivity contribution is 6.11. The zero-order valence-electron chi connectivity index (χ0n) is 16.5. The third kappa shape index (κ3) is 5.51. The van der Waals surface area contributed by atoms with Crippen molar-refractivity contribution in [2.24, 2.45) is 5.10 Å². The van der Waals surface area contributed by atoms with Crippen LogP contribution in [0.1, 0.15) is 11.1 Å². The molecule has 0 aromatic heterocycles. The van der Waals surface area contributed by atoms with Crippen LogP contribution in [0.2, 0.25) is 0 Å². The number of hydrogen-bond donors (Lipinski definition) is 1. The summed E-state index contributed by atoms with van der Waals surface area (Å²) in [4.78, 5) is 20.9. The van der Waals surface area contributed by atoms with Crippen LogP contribution in [0.15, 0.2) is 84.0 Å². The van der Waals surface area contributed by atoms with Gasteiger partial charge in [-0.1, -0.05) is 48.5 Å². The maximum Gasteiger partial charge on any atom is 0.301 e. The number of nitro benzene ring substituents is 2. The molecule has 0 saturated heterocycles. The zero-order chi connectivity index (χ0) is 22.2. The molecule has 0 atom stereocenters. The van der Waals surface area contributed by atoms with Gasteiger partial charge in [0.25, 0.3) is 5.69 Å². The van der Waals surface area contributed by atoms with Crippen LogP contribution in [0.3, 0.4) is 0 Å². The molecule has 0 saturated carbocycles. The highest BCUT2D eigenvalue weighted by atomic mass is 16.6. The standard InChI is InChI=1S/C22H18N4O5/c1-31-19-9-5-6-16(14-19)10-12-20(17-7-3-2-4-8-17)23-24-21-13-11-18(25(27)28)15-22(21)26(29)30/h2-15,24H,1H3. The predicted molar refractivity (Wildman–Crippen MR) is 118 cm³/mol. The Morgan fingerprint density at radius 2 is 1.74 bits per heavy atom. The van der Waals surface area contributed by atoms with E-state index in [0.717, 1.165) is 17.2 Å². The number of nitrogens with one attached hydrogen (secondary N) is 1. The van der Waals surface area contributed by atoms with Crippen LogP contribution in [-0.4, -0.2) is 22.7 Å². The minimum Gasteiger partial charge on any atom is -0.497 e. The van der Waals surface area contributed by atoms with Crippen LogP contribution in [0.4, 0.5) is 17.1 Å². The molecule has 3 aromatic carbocycles. The van der Waals surface area contributed by atoms with E-state index in [1.807, 2.05) is 60.7 Å². The minimum atomic E-state index is -0.695. The highest BCUT2D eigenvalue weighted by Gasteiger charge is 2.19. The van der Waals surface area contributed by atoms with Crippen LogP contribution in [0.25, 0.3) is 6.08 Å². The van der Waals surface area contributed by atoms with Crippen LogP contribution < -0.4 is 10.2 Å². The second-order valence-corrected chi connectivity index (χ2v) is 6.30. The summed E-state index contributed by atoms with van der Waals surface area (Å²) in [6, 6.07) is 20.0. The molecule has 1 N–H and O–H groups in total. The Balaban J connectivity index is 1.96. The molecule has 0 heterocycles. The molecule has 31 heavy (non-hydrogen) atoms. The number of nitro groups is 2. The van der Waals surface area contributed by atoms with Gasteiger partial charge in [0.1, 0.15) is 11.4 Å². The average molecular weight is 418 g/mol. The van der Waals surface area contributed by atoms with Gasteiger partial charge in [0.2, 0.25) is 0 Å². The number of allylic oxidation sites excluding steroid dienone is 1. The van der Waals surface area contributed by atoms with Crippen molar-refractivity contribution in [1.82, 2.24) is 0 Å². The van der Waals surface area contributed by atoms with Crippen LogP contribution in [0, 0.1) is 20.2 Å². The number of nitrogens with zero attached hydrogens (tertiary/aromatic N) is 3. The van der Waals surface area contributed by atoms with E-state index in [4.69, 9.17) is 4.74 Å². The van der Waals surface area contributed by atoms with E-state index < -0.39 is 15.5 Å². The van der Waals surface area contributed by atoms with Gasteiger partial charge in [-0.25, -0.2) is 0 Å². The van der Waals surface area contributed by atoms with Crippen molar-refractivity contribution >= 4 is 28.8 Å². The van der Waals surface area contributed by atoms with Crippen molar-refractivity contribution in [1.29, 1.82) is 0 Å². The Hall–Kier alpha value is -4.53. The molecule has 0 radical (unpaired) electrons. The average Bonchev–Trinajstić information content (AvgIpc) is 2.79. The van der Waals surface area contributed by atoms with Gasteiger partial charge in [0.05, 0.1) is 28.7 Å². The molecular formula is C22H18N4O5. The lowest BCUT2D eigenvalue weighted by atomic mass is 10.1. The van der Waals surface area contributed by atoms with E-state index in [-0.39, 0.29) is 11.4 Å². The first-order valence-corrected chi connectivity index (χ1v) is 9.12. The van der Waals surface area contributed by atoms with E-state index in [1.54, 1.807) is 13.2 Å². The maximum absolute atomic E-state index is 11.4. The van der Waals surface area contributed by atoms with Crippen molar-refractivity contribution in [2.45, 2.75) is 0 Å². The monoisotopic (exact) mass is 418 g/mol. The molecule has 9 nitrogen and oxygen atoms in total. The van der Waals surface area contributed by atoms with E-state index in [0.29, 0.717) is 11.5 Å². The summed E-state index contributed by atoms with van der Waals surface area (Å²) < 4.78 is 5.23. The van der Waals surface area contributed by atoms with Gasteiger partial charge >= 0.3 is 5.69 Å². The zero-order valence-corrected chi connectivity index (χ0v) is 16.5. The van der Waals surface area contributed by atoms with Gasteiger partial charge < -0.3 is 4.74 Å². The Kier molecular flexibility index (Phi) is 6.69. The molecule has 3 aromatic rings. The lowest BCUT2D eigenvalue weighted by molar-refractivity contribution is -0.393. The maximum atomic E-state index is 11.4. The van der Waals surface area contributed by atoms with E-state index >= 15 is 0 Å². The predicted octanol–water partition coefficient (Wildman–Crippen LogP) is 5.04. The molecular weight excluding hydrogens is 400 g/mol. The number of rotatable bonds is 8. The van der Waals surface area contributed by atoms with Crippen molar-refractivity contribution < 1.29 is 14.6 Å². The van der Waals surface area contributed by atoms with Crippen LogP contribution in [-0.2, 0) is 0 Å². The summed E-state index contributed by atoms with van der Waals surface area (Å²) in [5, 5.41) is 26.6. The normalized spacial score (nSPS) is 11.3. The lowest BCUT2D eigenvalue weighted by Gasteiger charge is -2.06. The largest absolute Gasteiger partial charge is 0.497 e. The number of non-ortho nitro benzene ring substituents is 1. The summed E-state index contributed by atoms with van der Waals surface area (Å²) in [5.41, 5.74) is 4.06. The summed E-state index contributed by atoms with van der Waals surface area (Å²) in [6.07, 6.45) is 3.59. The van der Waals surface area contributed by atoms with Gasteiger partial charge in [-0.05, 0) is 29.8 Å². The molecule has 0 unspecified atom stereocenters. The van der Waals surface area contributed by atoms with Crippen molar-refractivity contribution in [3.63, 3.8) is 0 Å². The molecule has 3 rings (SSSR count). The fourth-order valence-corrected chi connectivity index (χ4v) is 2.73. The molecule has 9 heteroatoms. The number of methoxy groups -OCH3 is 1. The third-order valence-electron chi connectivity index (χ3n) is 4.28. The SMILES string of the molecule is COc1cccc(C=CC(=NNc2ccc([N+](=O)[O-])cc2[N+](=O)[O-])c2ccccc2)c1. The Morgan fingerprint density at radius 1 is 0.968 bits per heavy atom. The minimum absolute atomic E-state index is 0.0406. The van der Waals surface area contributed by atoms with Gasteiger partial charge in [0, 0.05) is 11.6 Å². The molecule has 0 spiro atoms. The molecule has 0 aliphatic carbocycles. The quantitative estimate of drug-likeness (QED) is 0.311. The van der Waals surface area contributed by atoms with Crippen LogP contribution >= 0.6 is 0 Å². The first-order chi connectivity index (χ1) is 15.0. The highest BCUT2D eigenvalue weighted by Crippen LogP contribution is 2.29. The van der Waals surface area contributed by atoms with E-state index in [1.165, 1.54) is 12.1 Å². The molecule has 156 valence electrons. The summed E-state index contributed by atoms with van der Waals surface area (Å²) >= 11 is 0. The first kappa shape index (κ1) is 21.2. The number of anilines is 1. The number of hydrazone groups is 1. The Labute approximate surface area is 177 Å². The number of benzene rings is 3. The van der Waals surface area contributed by atoms with Crippen molar-refractivity contribution in [3.8, 4) is 5.75 Å². The third-order valence-corrected chi connectivity index (χ3v) is 4.28. The number of hydrogen-bond acceptors (Lipinski definition) is 7. The van der Waals surface area contributed by atoms with Gasteiger partial charge in [-0.3, -0.25) is 25.7 Å².